The molecule has 3 N–H and O–H groups in total. The van der Waals surface area contributed by atoms with Crippen LogP contribution in [0, 0.1) is 5.82 Å². The van der Waals surface area contributed by atoms with E-state index < -0.39 is 5.82 Å². The summed E-state index contributed by atoms with van der Waals surface area (Å²) in [5, 5.41) is 2.76. The topological polar surface area (TPSA) is 58.4 Å². The van der Waals surface area contributed by atoms with Gasteiger partial charge in [-0.2, -0.15) is 0 Å². The Labute approximate surface area is 104 Å². The van der Waals surface area contributed by atoms with Crippen molar-refractivity contribution in [3.05, 3.63) is 23.0 Å². The van der Waals surface area contributed by atoms with E-state index in [1.807, 2.05) is 4.90 Å². The number of halogens is 2. The fourth-order valence-electron chi connectivity index (χ4n) is 1.83. The molecule has 4 nitrogen and oxygen atoms in total. The SMILES string of the molecule is Nc1cc(Cl)c(F)cc1N1CCNC(=O)CC1. The number of nitrogen functional groups attached to an aromatic ring is 1. The maximum absolute atomic E-state index is 13.4. The van der Waals surface area contributed by atoms with Gasteiger partial charge in [-0.05, 0) is 6.07 Å². The van der Waals surface area contributed by atoms with Gasteiger partial charge in [0.15, 0.2) is 0 Å². The first-order chi connectivity index (χ1) is 8.08. The number of hydrogen-bond acceptors (Lipinski definition) is 3. The number of amides is 1. The molecule has 92 valence electrons. The van der Waals surface area contributed by atoms with Gasteiger partial charge in [0.1, 0.15) is 5.82 Å². The molecular formula is C11H13ClFN3O. The van der Waals surface area contributed by atoms with Crippen molar-refractivity contribution >= 4 is 28.9 Å². The summed E-state index contributed by atoms with van der Waals surface area (Å²) in [5.74, 6) is -0.500. The number of hydrogen-bond donors (Lipinski definition) is 2. The Kier molecular flexibility index (Phi) is 3.38. The number of benzene rings is 1. The van der Waals surface area contributed by atoms with E-state index in [4.69, 9.17) is 17.3 Å². The van der Waals surface area contributed by atoms with Gasteiger partial charge in [0.25, 0.3) is 0 Å². The monoisotopic (exact) mass is 257 g/mol. The van der Waals surface area contributed by atoms with Crippen LogP contribution in [0.3, 0.4) is 0 Å². The van der Waals surface area contributed by atoms with Crippen LogP contribution in [0.5, 0.6) is 0 Å². The molecule has 0 atom stereocenters. The molecule has 0 unspecified atom stereocenters. The number of rotatable bonds is 1. The van der Waals surface area contributed by atoms with Crippen molar-refractivity contribution < 1.29 is 9.18 Å². The molecule has 1 amide bonds. The van der Waals surface area contributed by atoms with E-state index in [9.17, 15) is 9.18 Å². The summed E-state index contributed by atoms with van der Waals surface area (Å²) in [6, 6.07) is 2.71. The highest BCUT2D eigenvalue weighted by Crippen LogP contribution is 2.29. The van der Waals surface area contributed by atoms with Gasteiger partial charge >= 0.3 is 0 Å². The zero-order chi connectivity index (χ0) is 12.4. The second-order valence-electron chi connectivity index (χ2n) is 3.91. The maximum Gasteiger partial charge on any atom is 0.221 e. The third kappa shape index (κ3) is 2.61. The summed E-state index contributed by atoms with van der Waals surface area (Å²) in [7, 11) is 0. The molecule has 0 saturated carbocycles. The number of carbonyl (C=O) groups excluding carboxylic acids is 1. The van der Waals surface area contributed by atoms with Crippen LogP contribution in [0.1, 0.15) is 6.42 Å². The molecule has 0 bridgehead atoms. The fourth-order valence-corrected chi connectivity index (χ4v) is 2.01. The van der Waals surface area contributed by atoms with Crippen LogP contribution in [0.15, 0.2) is 12.1 Å². The minimum Gasteiger partial charge on any atom is -0.397 e. The average molecular weight is 258 g/mol. The molecule has 2 rings (SSSR count). The predicted octanol–water partition coefficient (Wildman–Crippen LogP) is 1.39. The summed E-state index contributed by atoms with van der Waals surface area (Å²) in [6.07, 6.45) is 0.379. The summed E-state index contributed by atoms with van der Waals surface area (Å²) < 4.78 is 13.4. The standard InChI is InChI=1S/C11H13ClFN3O/c12-7-5-9(14)10(6-8(7)13)16-3-1-11(17)15-2-4-16/h5-6H,1-4,14H2,(H,15,17). The minimum absolute atomic E-state index is 0.000469. The molecule has 0 radical (unpaired) electrons. The van der Waals surface area contributed by atoms with Crippen molar-refractivity contribution in [2.24, 2.45) is 0 Å². The zero-order valence-electron chi connectivity index (χ0n) is 9.17. The molecule has 0 aromatic heterocycles. The van der Waals surface area contributed by atoms with E-state index in [1.165, 1.54) is 12.1 Å². The van der Waals surface area contributed by atoms with Crippen LogP contribution in [0.4, 0.5) is 15.8 Å². The molecule has 1 fully saturated rings. The van der Waals surface area contributed by atoms with Crippen molar-refractivity contribution in [3.63, 3.8) is 0 Å². The second-order valence-corrected chi connectivity index (χ2v) is 4.32. The normalized spacial score (nSPS) is 16.6. The lowest BCUT2D eigenvalue weighted by Gasteiger charge is -2.23. The number of nitrogens with two attached hydrogens (primary N) is 1. The third-order valence-electron chi connectivity index (χ3n) is 2.72. The highest BCUT2D eigenvalue weighted by atomic mass is 35.5. The van der Waals surface area contributed by atoms with Crippen LogP contribution in [-0.4, -0.2) is 25.5 Å². The Morgan fingerprint density at radius 1 is 1.41 bits per heavy atom. The summed E-state index contributed by atoms with van der Waals surface area (Å²) in [4.78, 5) is 13.1. The molecule has 0 aliphatic carbocycles. The Hall–Kier alpha value is -1.49. The molecule has 1 aliphatic heterocycles. The molecule has 1 aromatic carbocycles. The smallest absolute Gasteiger partial charge is 0.221 e. The van der Waals surface area contributed by atoms with Gasteiger partial charge in [-0.25, -0.2) is 4.39 Å². The van der Waals surface area contributed by atoms with E-state index >= 15 is 0 Å². The number of carbonyl (C=O) groups is 1. The first-order valence-corrected chi connectivity index (χ1v) is 5.72. The van der Waals surface area contributed by atoms with Crippen LogP contribution >= 0.6 is 11.6 Å². The van der Waals surface area contributed by atoms with E-state index in [-0.39, 0.29) is 10.9 Å². The molecule has 0 spiro atoms. The van der Waals surface area contributed by atoms with E-state index in [0.717, 1.165) is 0 Å². The minimum atomic E-state index is -0.501. The number of nitrogens with one attached hydrogen (secondary N) is 1. The van der Waals surface area contributed by atoms with Gasteiger partial charge < -0.3 is 16.0 Å². The molecule has 1 heterocycles. The zero-order valence-corrected chi connectivity index (χ0v) is 9.93. The number of nitrogens with zero attached hydrogens (tertiary/aromatic N) is 1. The largest absolute Gasteiger partial charge is 0.397 e. The van der Waals surface area contributed by atoms with Crippen LogP contribution in [0.2, 0.25) is 5.02 Å². The third-order valence-corrected chi connectivity index (χ3v) is 3.01. The van der Waals surface area contributed by atoms with Gasteiger partial charge in [-0.3, -0.25) is 4.79 Å². The quantitative estimate of drug-likeness (QED) is 0.748. The van der Waals surface area contributed by atoms with E-state index in [0.29, 0.717) is 37.4 Å². The fraction of sp³-hybridized carbons (Fsp3) is 0.364. The molecule has 17 heavy (non-hydrogen) atoms. The summed E-state index contributed by atoms with van der Waals surface area (Å²) in [6.45, 7) is 1.66. The summed E-state index contributed by atoms with van der Waals surface area (Å²) >= 11 is 5.64. The van der Waals surface area contributed by atoms with Gasteiger partial charge in [0, 0.05) is 32.1 Å². The molecular weight excluding hydrogens is 245 g/mol. The van der Waals surface area contributed by atoms with Crippen molar-refractivity contribution in [1.29, 1.82) is 0 Å². The van der Waals surface area contributed by atoms with E-state index in [1.54, 1.807) is 0 Å². The average Bonchev–Trinajstić information content (AvgIpc) is 2.49. The first-order valence-electron chi connectivity index (χ1n) is 5.34. The van der Waals surface area contributed by atoms with Crippen molar-refractivity contribution in [2.75, 3.05) is 30.3 Å². The van der Waals surface area contributed by atoms with Gasteiger partial charge in [0.2, 0.25) is 5.91 Å². The lowest BCUT2D eigenvalue weighted by atomic mass is 10.2. The lowest BCUT2D eigenvalue weighted by Crippen LogP contribution is -2.29. The Bertz CT molecular complexity index is 453. The maximum atomic E-state index is 13.4. The van der Waals surface area contributed by atoms with Gasteiger partial charge in [0.05, 0.1) is 16.4 Å². The van der Waals surface area contributed by atoms with Crippen molar-refractivity contribution in [1.82, 2.24) is 5.32 Å². The predicted molar refractivity (Wildman–Crippen MR) is 65.7 cm³/mol. The van der Waals surface area contributed by atoms with Gasteiger partial charge in [-0.1, -0.05) is 11.6 Å². The lowest BCUT2D eigenvalue weighted by molar-refractivity contribution is -0.120. The Morgan fingerprint density at radius 2 is 2.18 bits per heavy atom. The molecule has 1 aromatic rings. The molecule has 1 aliphatic rings. The van der Waals surface area contributed by atoms with Crippen molar-refractivity contribution in [2.45, 2.75) is 6.42 Å². The summed E-state index contributed by atoms with van der Waals surface area (Å²) in [5.41, 5.74) is 6.82. The highest BCUT2D eigenvalue weighted by Gasteiger charge is 2.17. The van der Waals surface area contributed by atoms with Gasteiger partial charge in [-0.15, -0.1) is 0 Å². The second kappa shape index (κ2) is 4.79. The highest BCUT2D eigenvalue weighted by molar-refractivity contribution is 6.31. The number of anilines is 2. The Balaban J connectivity index is 2.27. The molecule has 6 heteroatoms. The van der Waals surface area contributed by atoms with Crippen LogP contribution in [0.25, 0.3) is 0 Å². The van der Waals surface area contributed by atoms with Crippen molar-refractivity contribution in [3.8, 4) is 0 Å². The van der Waals surface area contributed by atoms with Crippen LogP contribution in [-0.2, 0) is 4.79 Å². The molecule has 1 saturated heterocycles. The first kappa shape index (κ1) is 12.0. The van der Waals surface area contributed by atoms with E-state index in [2.05, 4.69) is 5.32 Å². The Morgan fingerprint density at radius 3 is 2.94 bits per heavy atom. The van der Waals surface area contributed by atoms with Crippen LogP contribution < -0.4 is 16.0 Å².